The van der Waals surface area contributed by atoms with E-state index in [1.807, 2.05) is 0 Å². The Morgan fingerprint density at radius 2 is 1.54 bits per heavy atom. The fraction of sp³-hybridized carbons (Fsp3) is 0.667. The zero-order chi connectivity index (χ0) is 8.15. The van der Waals surface area contributed by atoms with Crippen LogP contribution in [0.5, 0.6) is 0 Å². The number of carboxylic acid groups (broad SMARTS) is 2. The van der Waals surface area contributed by atoms with E-state index < -0.39 is 17.9 Å². The van der Waals surface area contributed by atoms with Gasteiger partial charge in [-0.15, -0.1) is 0 Å². The molecule has 0 aliphatic carbocycles. The largest absolute Gasteiger partial charge is 0.481 e. The normalized spacial score (nSPS) is 9.62. The molecule has 1 atom stereocenters. The molecule has 0 heterocycles. The van der Waals surface area contributed by atoms with Gasteiger partial charge in [0, 0.05) is 0 Å². The molecule has 13 heavy (non-hydrogen) atoms. The van der Waals surface area contributed by atoms with Crippen molar-refractivity contribution in [3.63, 3.8) is 0 Å². The van der Waals surface area contributed by atoms with Crippen LogP contribution >= 0.6 is 0 Å². The van der Waals surface area contributed by atoms with Gasteiger partial charge in [0.25, 0.3) is 0 Å². The van der Waals surface area contributed by atoms with Gasteiger partial charge in [-0.25, -0.2) is 0 Å². The molecule has 0 aliphatic heterocycles. The van der Waals surface area contributed by atoms with Crippen LogP contribution in [-0.2, 0) is 9.59 Å². The molecular weight excluding hydrogens is 937 g/mol. The number of carboxylic acids is 2. The maximum atomic E-state index is 10.2. The number of hydrogen-bond acceptors (Lipinski definition) is 2. The van der Waals surface area contributed by atoms with E-state index >= 15 is 0 Å². The summed E-state index contributed by atoms with van der Waals surface area (Å²) in [6.07, 6.45) is 0.0769. The Labute approximate surface area is 58.5 Å². The quantitative estimate of drug-likeness (QED) is 0.433. The maximum absolute atomic E-state index is 10.2. The third kappa shape index (κ3) is 7.94. The van der Waals surface area contributed by atoms with Crippen molar-refractivity contribution in [2.45, 2.75) is 19.8 Å². The monoisotopic (exact) mass is 947 g/mol. The first-order valence-corrected chi connectivity index (χ1v) is 3.02. The molecule has 0 aromatic rings. The minimum Gasteiger partial charge on any atom is -0.481 e. The zero-order valence-electron chi connectivity index (χ0n) is 7.82. The van der Waals surface area contributed by atoms with Gasteiger partial charge >= 0.3 is 11.9 Å². The van der Waals surface area contributed by atoms with Gasteiger partial charge in [0.2, 0.25) is 0 Å². The summed E-state index contributed by atoms with van der Waals surface area (Å²) >= 11 is 0. The van der Waals surface area contributed by atoms with Gasteiger partial charge in [-0.05, 0) is 6.42 Å². The average molecular weight is 947 g/mol. The second kappa shape index (κ2) is 7.94. The van der Waals surface area contributed by atoms with Crippen molar-refractivity contribution >= 4 is 11.9 Å². The van der Waals surface area contributed by atoms with Crippen LogP contribution < -0.4 is 0 Å². The minimum absolute atomic E-state index is 0. The van der Waals surface area contributed by atoms with E-state index in [1.165, 1.54) is 0 Å². The first kappa shape index (κ1) is 23.1. The van der Waals surface area contributed by atoms with Crippen molar-refractivity contribution in [2.24, 2.45) is 5.92 Å². The number of rotatable bonds is 4. The van der Waals surface area contributed by atoms with Crippen molar-refractivity contribution in [3.05, 3.63) is 0 Å². The van der Waals surface area contributed by atoms with Crippen LogP contribution in [0.4, 0.5) is 0 Å². The Hall–Kier alpha value is -4.06. The van der Waals surface area contributed by atoms with Crippen molar-refractivity contribution in [2.75, 3.05) is 0 Å². The molecule has 0 rings (SSSR count). The Morgan fingerprint density at radius 3 is 1.62 bits per heavy atom. The van der Waals surface area contributed by atoms with Gasteiger partial charge in [0.05, 0.1) is 12.3 Å². The Morgan fingerprint density at radius 1 is 1.15 bits per heavy atom. The molecule has 64 valence electrons. The van der Waals surface area contributed by atoms with Crippen LogP contribution in [0.15, 0.2) is 0 Å². The molecule has 0 amide bonds. The Balaban J connectivity index is -0.000000135. The third-order valence-electron chi connectivity index (χ3n) is 1.26. The molecule has 4 nitrogen and oxygen atoms in total. The van der Waals surface area contributed by atoms with E-state index in [9.17, 15) is 9.59 Å². The van der Waals surface area contributed by atoms with Gasteiger partial charge < -0.3 is 10.2 Å². The molecule has 1 unspecified atom stereocenters. The molecule has 0 saturated heterocycles. The van der Waals surface area contributed by atoms with Gasteiger partial charge in [-0.3, -0.25) is 9.59 Å². The van der Waals surface area contributed by atoms with Crippen LogP contribution in [0.1, 0.15) is 19.8 Å². The van der Waals surface area contributed by atoms with Crippen LogP contribution in [0.25, 0.3) is 0 Å². The molecule has 2 N–H and O–H groups in total. The standard InChI is InChI=1S/C6H10O4.3Rf/c1-2-4(6(9)10)3-5(7)8;;;/h4H,2-3H2,1H3,(H,7,8)(H,9,10);;;. The van der Waals surface area contributed by atoms with Gasteiger partial charge in [0.15, 0.2) is 0 Å². The fourth-order valence-electron chi connectivity index (χ4n) is 0.617. The summed E-state index contributed by atoms with van der Waals surface area (Å²) in [6.45, 7) is 1.65. The zero-order valence-corrected chi connectivity index (χ0v) is 27.0. The van der Waals surface area contributed by atoms with Crippen molar-refractivity contribution in [1.82, 2.24) is 0 Å². The van der Waals surface area contributed by atoms with Crippen LogP contribution in [0, 0.1) is 5.92 Å². The van der Waals surface area contributed by atoms with E-state index in [-0.39, 0.29) is 6.42 Å². The topological polar surface area (TPSA) is 74.6 Å². The second-order valence-electron chi connectivity index (χ2n) is 2.04. The van der Waals surface area contributed by atoms with Gasteiger partial charge in [-0.2, -0.15) is 0 Å². The molecule has 0 fully saturated rings. The number of aliphatic carboxylic acids is 2. The third-order valence-corrected chi connectivity index (χ3v) is 1.26. The van der Waals surface area contributed by atoms with E-state index in [1.54, 1.807) is 6.92 Å². The second-order valence-corrected chi connectivity index (χ2v) is 2.04. The summed E-state index contributed by atoms with van der Waals surface area (Å²) in [6, 6.07) is 0. The van der Waals surface area contributed by atoms with E-state index in [0.29, 0.717) is 6.42 Å². The molecular formula is C6H10O4Rf3. The van der Waals surface area contributed by atoms with Gasteiger partial charge in [-0.1, -0.05) is 6.92 Å². The average Bonchev–Trinajstić information content (AvgIpc) is 1.81. The maximum Gasteiger partial charge on any atom is 0.307 e. The van der Waals surface area contributed by atoms with Crippen molar-refractivity contribution < 1.29 is 19.8 Å². The first-order valence-electron chi connectivity index (χ1n) is 3.02. The minimum atomic E-state index is -1.06. The van der Waals surface area contributed by atoms with Gasteiger partial charge in [0.1, 0.15) is 0 Å². The summed E-state index contributed by atoms with van der Waals surface area (Å²) in [5.74, 6) is -2.84. The summed E-state index contributed by atoms with van der Waals surface area (Å²) in [7, 11) is 0. The summed E-state index contributed by atoms with van der Waals surface area (Å²) < 4.78 is 0. The number of carbonyl (C=O) groups is 2. The van der Waals surface area contributed by atoms with Crippen molar-refractivity contribution in [3.8, 4) is 0 Å². The Bertz CT molecular complexity index is 151. The molecule has 0 spiro atoms. The first-order chi connectivity index (χ1) is 4.57. The predicted molar refractivity (Wildman–Crippen MR) is 33.7 cm³/mol. The summed E-state index contributed by atoms with van der Waals surface area (Å²) in [5, 5.41) is 16.6. The van der Waals surface area contributed by atoms with E-state index in [0.717, 1.165) is 0 Å². The smallest absolute Gasteiger partial charge is 0.307 e. The molecule has 0 aliphatic rings. The van der Waals surface area contributed by atoms with Crippen LogP contribution in [0.2, 0.25) is 0 Å². The van der Waals surface area contributed by atoms with E-state index in [4.69, 9.17) is 10.2 Å². The van der Waals surface area contributed by atoms with E-state index in [2.05, 4.69) is 0 Å². The number of hydrogen-bond donors (Lipinski definition) is 2. The molecule has 0 radical (unpaired) electrons. The van der Waals surface area contributed by atoms with Crippen LogP contribution in [-0.4, -0.2) is 22.2 Å². The summed E-state index contributed by atoms with van der Waals surface area (Å²) in [4.78, 5) is 20.2. The SMILES string of the molecule is CCC(CC(=O)O)C(=O)O.[Rf].[Rf].[Rf]. The Kier molecular flexibility index (Phi) is 14.1. The predicted octanol–water partition coefficient (Wildman–Crippen LogP) is 0.572. The molecule has 0 aromatic heterocycles. The molecule has 0 saturated carbocycles. The summed E-state index contributed by atoms with van der Waals surface area (Å²) in [5.41, 5.74) is 0. The van der Waals surface area contributed by atoms with Crippen LogP contribution in [0.3, 0.4) is 0 Å². The molecule has 0 bridgehead atoms. The fourth-order valence-corrected chi connectivity index (χ4v) is 0.617. The molecule has 7 heteroatoms. The van der Waals surface area contributed by atoms with Crippen molar-refractivity contribution in [1.29, 1.82) is 0 Å². The molecule has 0 aromatic carbocycles.